The van der Waals surface area contributed by atoms with Crippen molar-refractivity contribution in [2.45, 2.75) is 19.8 Å². The molecule has 0 aliphatic carbocycles. The van der Waals surface area contributed by atoms with Crippen LogP contribution in [0.4, 0.5) is 11.4 Å². The minimum absolute atomic E-state index is 0.0850. The van der Waals surface area contributed by atoms with Crippen LogP contribution >= 0.6 is 0 Å². The number of nitrogen functional groups attached to an aromatic ring is 1. The van der Waals surface area contributed by atoms with Crippen molar-refractivity contribution in [3.63, 3.8) is 0 Å². The summed E-state index contributed by atoms with van der Waals surface area (Å²) >= 11 is 0. The summed E-state index contributed by atoms with van der Waals surface area (Å²) in [7, 11) is 0. The Morgan fingerprint density at radius 2 is 2.27 bits per heavy atom. The van der Waals surface area contributed by atoms with Gasteiger partial charge in [0.25, 0.3) is 5.69 Å². The van der Waals surface area contributed by atoms with Crippen molar-refractivity contribution in [3.05, 3.63) is 33.4 Å². The van der Waals surface area contributed by atoms with Crippen LogP contribution in [0.2, 0.25) is 0 Å². The lowest BCUT2D eigenvalue weighted by Gasteiger charge is -2.06. The first-order valence-corrected chi connectivity index (χ1v) is 4.57. The second kappa shape index (κ2) is 4.42. The summed E-state index contributed by atoms with van der Waals surface area (Å²) in [6.45, 7) is 1.93. The zero-order valence-electron chi connectivity index (χ0n) is 8.36. The minimum Gasteiger partial charge on any atom is -0.398 e. The molecule has 0 aliphatic rings. The highest BCUT2D eigenvalue weighted by molar-refractivity contribution is 5.63. The van der Waals surface area contributed by atoms with E-state index in [0.29, 0.717) is 17.7 Å². The van der Waals surface area contributed by atoms with E-state index >= 15 is 0 Å². The maximum Gasteiger partial charge on any atom is 0.287 e. The molecule has 2 N–H and O–H groups in total. The molecule has 0 heterocycles. The van der Waals surface area contributed by atoms with Crippen LogP contribution in [-0.2, 0) is 6.42 Å². The van der Waals surface area contributed by atoms with Gasteiger partial charge in [0, 0.05) is 11.8 Å². The van der Waals surface area contributed by atoms with Crippen LogP contribution in [0.25, 0.3) is 0 Å². The average Bonchev–Trinajstić information content (AvgIpc) is 2.20. The van der Waals surface area contributed by atoms with Gasteiger partial charge in [-0.05, 0) is 18.1 Å². The highest BCUT2D eigenvalue weighted by Gasteiger charge is 2.18. The van der Waals surface area contributed by atoms with E-state index in [4.69, 9.17) is 11.0 Å². The topological polar surface area (TPSA) is 92.9 Å². The van der Waals surface area contributed by atoms with Gasteiger partial charge in [0.1, 0.15) is 11.6 Å². The van der Waals surface area contributed by atoms with E-state index < -0.39 is 4.92 Å². The average molecular weight is 205 g/mol. The minimum atomic E-state index is -0.558. The van der Waals surface area contributed by atoms with E-state index in [9.17, 15) is 10.1 Å². The third-order valence-electron chi connectivity index (χ3n) is 2.14. The molecule has 0 radical (unpaired) electrons. The molecule has 1 aromatic rings. The molecule has 78 valence electrons. The van der Waals surface area contributed by atoms with Crippen LogP contribution in [-0.4, -0.2) is 4.92 Å². The number of benzene rings is 1. The predicted octanol–water partition coefficient (Wildman–Crippen LogP) is 2.00. The summed E-state index contributed by atoms with van der Waals surface area (Å²) < 4.78 is 0. The monoisotopic (exact) mass is 205 g/mol. The summed E-state index contributed by atoms with van der Waals surface area (Å²) in [5.74, 6) is 0. The second-order valence-electron chi connectivity index (χ2n) is 3.15. The number of nitriles is 1. The summed E-state index contributed by atoms with van der Waals surface area (Å²) in [4.78, 5) is 10.1. The van der Waals surface area contributed by atoms with Crippen molar-refractivity contribution in [2.75, 3.05) is 5.73 Å². The molecule has 15 heavy (non-hydrogen) atoms. The van der Waals surface area contributed by atoms with Crippen molar-refractivity contribution in [1.82, 2.24) is 0 Å². The Bertz CT molecular complexity index is 435. The molecule has 5 nitrogen and oxygen atoms in total. The van der Waals surface area contributed by atoms with Gasteiger partial charge in [-0.15, -0.1) is 0 Å². The first-order valence-electron chi connectivity index (χ1n) is 4.57. The van der Waals surface area contributed by atoms with Crippen molar-refractivity contribution in [2.24, 2.45) is 0 Å². The second-order valence-corrected chi connectivity index (χ2v) is 3.15. The summed E-state index contributed by atoms with van der Waals surface area (Å²) in [5, 5.41) is 19.6. The molecular formula is C10H11N3O2. The SMILES string of the molecule is CCCc1c(N)ccc([N+](=O)[O-])c1C#N. The molecule has 0 atom stereocenters. The fourth-order valence-electron chi connectivity index (χ4n) is 1.45. The van der Waals surface area contributed by atoms with E-state index in [1.54, 1.807) is 0 Å². The van der Waals surface area contributed by atoms with Crippen LogP contribution < -0.4 is 5.73 Å². The smallest absolute Gasteiger partial charge is 0.287 e. The summed E-state index contributed by atoms with van der Waals surface area (Å²) in [5.41, 5.74) is 6.61. The lowest BCUT2D eigenvalue weighted by molar-refractivity contribution is -0.385. The van der Waals surface area contributed by atoms with E-state index in [1.165, 1.54) is 12.1 Å². The van der Waals surface area contributed by atoms with Gasteiger partial charge < -0.3 is 5.73 Å². The van der Waals surface area contributed by atoms with Crippen molar-refractivity contribution in [3.8, 4) is 6.07 Å². The molecule has 1 aromatic carbocycles. The molecule has 5 heteroatoms. The Morgan fingerprint density at radius 3 is 2.73 bits per heavy atom. The molecule has 0 aliphatic heterocycles. The first kappa shape index (κ1) is 11.0. The molecule has 0 saturated heterocycles. The lowest BCUT2D eigenvalue weighted by atomic mass is 10.0. The third kappa shape index (κ3) is 2.05. The normalized spacial score (nSPS) is 9.60. The van der Waals surface area contributed by atoms with Crippen molar-refractivity contribution in [1.29, 1.82) is 5.26 Å². The Balaban J connectivity index is 3.42. The molecule has 0 saturated carbocycles. The van der Waals surface area contributed by atoms with Crippen LogP contribution in [0.15, 0.2) is 12.1 Å². The van der Waals surface area contributed by atoms with Gasteiger partial charge in [0.2, 0.25) is 0 Å². The number of hydrogen-bond acceptors (Lipinski definition) is 4. The molecule has 0 aromatic heterocycles. The van der Waals surface area contributed by atoms with Crippen molar-refractivity contribution < 1.29 is 4.92 Å². The van der Waals surface area contributed by atoms with Gasteiger partial charge in [-0.3, -0.25) is 10.1 Å². The maximum absolute atomic E-state index is 10.7. The van der Waals surface area contributed by atoms with Gasteiger partial charge in [0.05, 0.1) is 4.92 Å². The highest BCUT2D eigenvalue weighted by atomic mass is 16.6. The third-order valence-corrected chi connectivity index (χ3v) is 2.14. The van der Waals surface area contributed by atoms with Gasteiger partial charge in [0.15, 0.2) is 0 Å². The number of nitrogens with two attached hydrogens (primary N) is 1. The van der Waals surface area contributed by atoms with Gasteiger partial charge in [-0.2, -0.15) is 5.26 Å². The molecule has 0 unspecified atom stereocenters. The Hall–Kier alpha value is -2.09. The molecule has 0 fully saturated rings. The van der Waals surface area contributed by atoms with Gasteiger partial charge >= 0.3 is 0 Å². The van der Waals surface area contributed by atoms with E-state index in [0.717, 1.165) is 6.42 Å². The fraction of sp³-hybridized carbons (Fsp3) is 0.300. The number of nitro benzene ring substituents is 1. The lowest BCUT2D eigenvalue weighted by Crippen LogP contribution is -2.02. The van der Waals surface area contributed by atoms with Gasteiger partial charge in [-0.1, -0.05) is 13.3 Å². The summed E-state index contributed by atoms with van der Waals surface area (Å²) in [6, 6.07) is 4.60. The quantitative estimate of drug-likeness (QED) is 0.464. The molecule has 0 spiro atoms. The summed E-state index contributed by atoms with van der Waals surface area (Å²) in [6.07, 6.45) is 1.37. The van der Waals surface area contributed by atoms with E-state index in [1.807, 2.05) is 13.0 Å². The van der Waals surface area contributed by atoms with E-state index in [2.05, 4.69) is 0 Å². The van der Waals surface area contributed by atoms with E-state index in [-0.39, 0.29) is 11.3 Å². The first-order chi connectivity index (χ1) is 7.11. The zero-order chi connectivity index (χ0) is 11.4. The number of nitro groups is 1. The molecule has 0 bridgehead atoms. The molecular weight excluding hydrogens is 194 g/mol. The Kier molecular flexibility index (Phi) is 3.24. The molecule has 1 rings (SSSR count). The van der Waals surface area contributed by atoms with Crippen LogP contribution in [0.3, 0.4) is 0 Å². The zero-order valence-corrected chi connectivity index (χ0v) is 8.36. The number of nitrogens with zero attached hydrogens (tertiary/aromatic N) is 2. The standard InChI is InChI=1S/C10H11N3O2/c1-2-3-7-8(6-11)10(13(14)15)5-4-9(7)12/h4-5H,2-3,12H2,1H3. The fourth-order valence-corrected chi connectivity index (χ4v) is 1.45. The number of anilines is 1. The predicted molar refractivity (Wildman–Crippen MR) is 56.2 cm³/mol. The number of rotatable bonds is 3. The van der Waals surface area contributed by atoms with Gasteiger partial charge in [-0.25, -0.2) is 0 Å². The van der Waals surface area contributed by atoms with Crippen LogP contribution in [0.1, 0.15) is 24.5 Å². The largest absolute Gasteiger partial charge is 0.398 e. The van der Waals surface area contributed by atoms with Crippen LogP contribution in [0, 0.1) is 21.4 Å². The van der Waals surface area contributed by atoms with Crippen molar-refractivity contribution >= 4 is 11.4 Å². The van der Waals surface area contributed by atoms with Crippen LogP contribution in [0.5, 0.6) is 0 Å². The maximum atomic E-state index is 10.7. The Labute approximate surface area is 87.3 Å². The Morgan fingerprint density at radius 1 is 1.60 bits per heavy atom. The molecule has 0 amide bonds. The highest BCUT2D eigenvalue weighted by Crippen LogP contribution is 2.27. The number of hydrogen-bond donors (Lipinski definition) is 1.